The number of carbonyl (C=O) groups excluding carboxylic acids is 1. The van der Waals surface area contributed by atoms with Crippen molar-refractivity contribution in [2.45, 2.75) is 89.8 Å². The van der Waals surface area contributed by atoms with Crippen molar-refractivity contribution < 1.29 is 23.5 Å². The van der Waals surface area contributed by atoms with Gasteiger partial charge in [0.15, 0.2) is 11.4 Å². The van der Waals surface area contributed by atoms with Crippen LogP contribution in [-0.2, 0) is 21.7 Å². The lowest BCUT2D eigenvalue weighted by molar-refractivity contribution is -0.145. The second-order valence-corrected chi connectivity index (χ2v) is 19.1. The molecular weight excluding hydrogens is 702 g/mol. The van der Waals surface area contributed by atoms with Gasteiger partial charge in [-0.3, -0.25) is 18.8 Å². The molecule has 2 aromatic carbocycles. The summed E-state index contributed by atoms with van der Waals surface area (Å²) < 4.78 is 32.1. The summed E-state index contributed by atoms with van der Waals surface area (Å²) in [5, 5.41) is 18.9. The van der Waals surface area contributed by atoms with Gasteiger partial charge in [-0.1, -0.05) is 65.8 Å². The van der Waals surface area contributed by atoms with Crippen LogP contribution in [0, 0.1) is 5.92 Å². The Morgan fingerprint density at radius 1 is 1.09 bits per heavy atom. The minimum absolute atomic E-state index is 0.121. The Hall–Kier alpha value is -4.65. The van der Waals surface area contributed by atoms with Crippen LogP contribution < -0.4 is 15.2 Å². The third-order valence-corrected chi connectivity index (χ3v) is 13.5. The number of nitrogens with zero attached hydrogens (tertiary/aromatic N) is 5. The van der Waals surface area contributed by atoms with Gasteiger partial charge in [0.25, 0.3) is 11.5 Å². The maximum absolute atomic E-state index is 16.6. The number of benzene rings is 2. The smallest absolute Gasteiger partial charge is 0.297 e. The van der Waals surface area contributed by atoms with Crippen LogP contribution in [0.1, 0.15) is 69.7 Å². The van der Waals surface area contributed by atoms with Gasteiger partial charge < -0.3 is 23.6 Å². The van der Waals surface area contributed by atoms with Crippen LogP contribution in [0.15, 0.2) is 101 Å². The fraction of sp³-hybridized carbons (Fsp3) is 0.429. The van der Waals surface area contributed by atoms with E-state index in [1.54, 1.807) is 41.0 Å². The van der Waals surface area contributed by atoms with Gasteiger partial charge in [0, 0.05) is 48.2 Å². The Kier molecular flexibility index (Phi) is 11.6. The number of aliphatic hydroxyl groups excluding tert-OH is 1. The fourth-order valence-corrected chi connectivity index (χ4v) is 10.8. The molecule has 12 heteroatoms. The number of aromatic nitrogens is 4. The summed E-state index contributed by atoms with van der Waals surface area (Å²) in [6.45, 7) is 12.1. The summed E-state index contributed by atoms with van der Waals surface area (Å²) in [6, 6.07) is 18.6. The first-order chi connectivity index (χ1) is 25.8. The molecule has 1 N–H and O–H groups in total. The summed E-state index contributed by atoms with van der Waals surface area (Å²) in [7, 11) is -1.99. The van der Waals surface area contributed by atoms with Crippen molar-refractivity contribution in [2.24, 2.45) is 5.92 Å². The lowest BCUT2D eigenvalue weighted by Crippen LogP contribution is -2.45. The molecule has 286 valence electrons. The van der Waals surface area contributed by atoms with Crippen molar-refractivity contribution in [3.05, 3.63) is 124 Å². The van der Waals surface area contributed by atoms with Crippen LogP contribution in [0.3, 0.4) is 0 Å². The number of hydrogen-bond donors (Lipinski definition) is 1. The highest BCUT2D eigenvalue weighted by molar-refractivity contribution is 6.72. The van der Waals surface area contributed by atoms with E-state index >= 15 is 4.11 Å². The number of amides is 1. The lowest BCUT2D eigenvalue weighted by atomic mass is 9.82. The summed E-state index contributed by atoms with van der Waals surface area (Å²) >= 11 is 0. The van der Waals surface area contributed by atoms with E-state index in [9.17, 15) is 14.7 Å². The summed E-state index contributed by atoms with van der Waals surface area (Å²) in [5.74, 6) is -0.865. The molecule has 1 amide bonds. The molecule has 0 saturated carbocycles. The third-order valence-electron chi connectivity index (χ3n) is 11.0. The number of ether oxygens (including phenoxy) is 2. The number of halogens is 1. The van der Waals surface area contributed by atoms with Gasteiger partial charge >= 0.3 is 0 Å². The molecule has 6 rings (SSSR count). The van der Waals surface area contributed by atoms with E-state index in [4.69, 9.17) is 9.47 Å². The average molecular weight is 754 g/mol. The molecule has 54 heavy (non-hydrogen) atoms. The Labute approximate surface area is 318 Å². The van der Waals surface area contributed by atoms with Crippen molar-refractivity contribution in [1.82, 2.24) is 19.6 Å². The largest absolute Gasteiger partial charge is 0.491 e. The van der Waals surface area contributed by atoms with Gasteiger partial charge in [-0.15, -0.1) is 5.10 Å². The van der Waals surface area contributed by atoms with Crippen molar-refractivity contribution in [3.63, 3.8) is 0 Å². The molecular formula is C42H52FN5O5Si. The van der Waals surface area contributed by atoms with Gasteiger partial charge in [0.05, 0.1) is 37.1 Å². The normalized spacial score (nSPS) is 21.8. The van der Waals surface area contributed by atoms with E-state index in [0.717, 1.165) is 18.4 Å². The standard InChI is InChI=1S/C42H52FN5O5Si/c1-28(2)13-11-14-29(3)20-24-48-36-19-18-32(47-22-12-17-38(52-5)40(47)50)25-34(36)42(41(48)51)30(4)39(54(6,7)43)37(53-42)21-23-46-26-35(44-45-46)33(27-49)31-15-9-8-10-16-31/h8-10,12-13,15-20,22,25-26,30,33,37,39,49H,11,14,21,23-24,27H2,1-7H3/b29-20+/t30-,33?,37+,39-,42+/m0/s1. The van der Waals surface area contributed by atoms with Crippen LogP contribution >= 0.6 is 0 Å². The maximum atomic E-state index is 16.6. The molecule has 1 spiro atoms. The first-order valence-electron chi connectivity index (χ1n) is 18.7. The SMILES string of the molecule is COc1cccn(-c2ccc3c(c2)[C@@]2(O[C@H](CCn4cc(C(CO)c5ccccc5)nn4)[C@@H]([Si](C)(C)F)[C@@H]2C)C(=O)N3C/C=C(\C)CCC=C(C)C)c1=O. The Morgan fingerprint density at radius 2 is 1.85 bits per heavy atom. The highest BCUT2D eigenvalue weighted by Crippen LogP contribution is 2.60. The van der Waals surface area contributed by atoms with Crippen LogP contribution in [0.5, 0.6) is 5.75 Å². The van der Waals surface area contributed by atoms with Gasteiger partial charge in [-0.2, -0.15) is 0 Å². The van der Waals surface area contributed by atoms with Crippen molar-refractivity contribution in [2.75, 3.05) is 25.2 Å². The van der Waals surface area contributed by atoms with Gasteiger partial charge in [-0.25, -0.2) is 0 Å². The summed E-state index contributed by atoms with van der Waals surface area (Å²) in [6.07, 6.45) is 9.36. The number of rotatable bonds is 14. The molecule has 1 unspecified atom stereocenters. The number of anilines is 1. The molecule has 2 aromatic heterocycles. The predicted octanol–water partition coefficient (Wildman–Crippen LogP) is 7.47. The summed E-state index contributed by atoms with van der Waals surface area (Å²) in [5.41, 5.74) is 3.56. The Bertz CT molecular complexity index is 2090. The molecule has 10 nitrogen and oxygen atoms in total. The second-order valence-electron chi connectivity index (χ2n) is 15.4. The number of fused-ring (bicyclic) bond motifs is 2. The van der Waals surface area contributed by atoms with Crippen LogP contribution in [0.4, 0.5) is 9.80 Å². The first kappa shape index (κ1) is 39.1. The maximum Gasteiger partial charge on any atom is 0.297 e. The third kappa shape index (κ3) is 7.51. The van der Waals surface area contributed by atoms with Gasteiger partial charge in [0.1, 0.15) is 0 Å². The minimum Gasteiger partial charge on any atom is -0.491 e. The van der Waals surface area contributed by atoms with Crippen LogP contribution in [0.2, 0.25) is 18.6 Å². The Balaban J connectivity index is 1.36. The minimum atomic E-state index is -3.44. The molecule has 5 atom stereocenters. The van der Waals surface area contributed by atoms with E-state index in [0.29, 0.717) is 42.1 Å². The first-order valence-corrected chi connectivity index (χ1v) is 21.7. The van der Waals surface area contributed by atoms with E-state index in [2.05, 4.69) is 43.2 Å². The Morgan fingerprint density at radius 3 is 2.54 bits per heavy atom. The second kappa shape index (κ2) is 16.0. The highest BCUT2D eigenvalue weighted by Gasteiger charge is 2.66. The zero-order valence-corrected chi connectivity index (χ0v) is 33.3. The molecule has 4 heterocycles. The molecule has 2 aliphatic heterocycles. The quantitative estimate of drug-likeness (QED) is 0.0809. The molecule has 4 aromatic rings. The number of carbonyl (C=O) groups is 1. The average Bonchev–Trinajstić information content (AvgIpc) is 3.80. The molecule has 1 saturated heterocycles. The molecule has 1 fully saturated rings. The number of aliphatic hydroxyl groups is 1. The number of allylic oxidation sites excluding steroid dienone is 3. The number of methoxy groups -OCH3 is 1. The van der Waals surface area contributed by atoms with Crippen molar-refractivity contribution in [1.29, 1.82) is 0 Å². The van der Waals surface area contributed by atoms with Crippen LogP contribution in [-0.4, -0.2) is 65.3 Å². The van der Waals surface area contributed by atoms with E-state index in [1.807, 2.05) is 61.7 Å². The van der Waals surface area contributed by atoms with E-state index in [-0.39, 0.29) is 29.7 Å². The van der Waals surface area contributed by atoms with Crippen molar-refractivity contribution in [3.8, 4) is 11.4 Å². The molecule has 0 aliphatic carbocycles. The fourth-order valence-electron chi connectivity index (χ4n) is 8.30. The van der Waals surface area contributed by atoms with Crippen LogP contribution in [0.25, 0.3) is 5.69 Å². The highest BCUT2D eigenvalue weighted by atomic mass is 28.4. The van der Waals surface area contributed by atoms with E-state index < -0.39 is 31.6 Å². The molecule has 2 aliphatic rings. The molecule has 0 bridgehead atoms. The van der Waals surface area contributed by atoms with Gasteiger partial charge in [0.2, 0.25) is 8.41 Å². The predicted molar refractivity (Wildman–Crippen MR) is 211 cm³/mol. The monoisotopic (exact) mass is 753 g/mol. The van der Waals surface area contributed by atoms with Gasteiger partial charge in [-0.05, 0) is 89.0 Å². The number of pyridine rings is 1. The lowest BCUT2D eigenvalue weighted by Gasteiger charge is -2.31. The zero-order valence-electron chi connectivity index (χ0n) is 32.3. The zero-order chi connectivity index (χ0) is 38.8. The summed E-state index contributed by atoms with van der Waals surface area (Å²) in [4.78, 5) is 30.1. The van der Waals surface area contributed by atoms with Crippen molar-refractivity contribution >= 4 is 20.0 Å². The number of aryl methyl sites for hydroxylation is 1. The molecule has 0 radical (unpaired) electrons. The van der Waals surface area contributed by atoms with E-state index in [1.165, 1.54) is 22.8 Å². The topological polar surface area (TPSA) is 112 Å². The number of hydrogen-bond acceptors (Lipinski definition) is 7.